The third kappa shape index (κ3) is 4.05. The summed E-state index contributed by atoms with van der Waals surface area (Å²) in [5.41, 5.74) is 5.94. The Morgan fingerprint density at radius 2 is 2.00 bits per heavy atom. The van der Waals surface area contributed by atoms with Crippen molar-refractivity contribution in [1.29, 1.82) is 0 Å². The zero-order valence-corrected chi connectivity index (χ0v) is 5.86. The van der Waals surface area contributed by atoms with Crippen LogP contribution in [0, 0.1) is 0 Å². The summed E-state index contributed by atoms with van der Waals surface area (Å²) in [5.74, 6) is 0. The van der Waals surface area contributed by atoms with Gasteiger partial charge in [0.15, 0.2) is 0 Å². The van der Waals surface area contributed by atoms with Crippen LogP contribution in [0.25, 0.3) is 0 Å². The van der Waals surface area contributed by atoms with Crippen molar-refractivity contribution in [2.75, 3.05) is 20.1 Å². The minimum atomic E-state index is 0.949. The molecule has 0 fully saturated rings. The maximum Gasteiger partial charge on any atom is 0.0112 e. The monoisotopic (exact) mass is 117 g/mol. The van der Waals surface area contributed by atoms with Crippen molar-refractivity contribution < 1.29 is 0 Å². The molecule has 0 rings (SSSR count). The van der Waals surface area contributed by atoms with Crippen LogP contribution in [-0.4, -0.2) is 25.1 Å². The molecule has 0 aliphatic rings. The molecule has 0 radical (unpaired) electrons. The van der Waals surface area contributed by atoms with Crippen molar-refractivity contribution in [3.8, 4) is 0 Å². The summed E-state index contributed by atoms with van der Waals surface area (Å²) in [5, 5.41) is 1.98. The Balaban J connectivity index is 2.86. The first-order valence-electron chi connectivity index (χ1n) is 3.00. The number of rotatable bonds is 4. The van der Waals surface area contributed by atoms with E-state index in [0.29, 0.717) is 0 Å². The van der Waals surface area contributed by atoms with Gasteiger partial charge in [-0.25, -0.2) is 10.4 Å². The van der Waals surface area contributed by atoms with Gasteiger partial charge < -0.3 is 0 Å². The lowest BCUT2D eigenvalue weighted by Crippen LogP contribution is -2.44. The summed E-state index contributed by atoms with van der Waals surface area (Å²) in [6.45, 7) is 6.10. The van der Waals surface area contributed by atoms with Gasteiger partial charge in [-0.3, -0.25) is 0 Å². The SMILES string of the molecule is CCNNN(C)CC. The van der Waals surface area contributed by atoms with E-state index >= 15 is 0 Å². The van der Waals surface area contributed by atoms with Crippen molar-refractivity contribution in [1.82, 2.24) is 16.0 Å². The molecule has 0 unspecified atom stereocenters. The van der Waals surface area contributed by atoms with Crippen LogP contribution in [0.1, 0.15) is 13.8 Å². The molecule has 8 heavy (non-hydrogen) atoms. The molecule has 0 saturated carbocycles. The highest BCUT2D eigenvalue weighted by molar-refractivity contribution is 4.31. The minimum Gasteiger partial charge on any atom is -0.244 e. The van der Waals surface area contributed by atoms with Gasteiger partial charge in [0.2, 0.25) is 0 Å². The molecule has 0 aliphatic heterocycles. The van der Waals surface area contributed by atoms with Gasteiger partial charge in [0, 0.05) is 20.1 Å². The van der Waals surface area contributed by atoms with Crippen molar-refractivity contribution >= 4 is 0 Å². The van der Waals surface area contributed by atoms with Crippen LogP contribution < -0.4 is 11.0 Å². The molecule has 0 spiro atoms. The second kappa shape index (κ2) is 5.03. The summed E-state index contributed by atoms with van der Waals surface area (Å²) >= 11 is 0. The van der Waals surface area contributed by atoms with Crippen LogP contribution in [0.4, 0.5) is 0 Å². The van der Waals surface area contributed by atoms with Crippen molar-refractivity contribution in [3.05, 3.63) is 0 Å². The predicted octanol–water partition coefficient (Wildman–Crippen LogP) is -0.0328. The maximum atomic E-state index is 2.97. The Morgan fingerprint density at radius 3 is 2.38 bits per heavy atom. The zero-order valence-electron chi connectivity index (χ0n) is 5.86. The van der Waals surface area contributed by atoms with E-state index in [4.69, 9.17) is 0 Å². The lowest BCUT2D eigenvalue weighted by Gasteiger charge is -2.14. The highest BCUT2D eigenvalue weighted by Crippen LogP contribution is 1.65. The molecule has 0 aromatic rings. The molecular weight excluding hydrogens is 102 g/mol. The number of hydrogen-bond acceptors (Lipinski definition) is 3. The Morgan fingerprint density at radius 1 is 1.38 bits per heavy atom. The van der Waals surface area contributed by atoms with Gasteiger partial charge in [0.05, 0.1) is 0 Å². The smallest absolute Gasteiger partial charge is 0.0112 e. The highest BCUT2D eigenvalue weighted by Gasteiger charge is 1.85. The molecule has 0 aromatic carbocycles. The fourth-order valence-electron chi connectivity index (χ4n) is 0.293. The second-order valence-corrected chi connectivity index (χ2v) is 1.66. The molecule has 3 heteroatoms. The number of nitrogens with one attached hydrogen (secondary N) is 2. The molecule has 50 valence electrons. The minimum absolute atomic E-state index is 0.949. The Bertz CT molecular complexity index is 46.9. The average molecular weight is 117 g/mol. The summed E-state index contributed by atoms with van der Waals surface area (Å²) in [7, 11) is 1.99. The quantitative estimate of drug-likeness (QED) is 0.506. The normalized spacial score (nSPS) is 10.5. The Labute approximate surface area is 51.0 Å². The van der Waals surface area contributed by atoms with Crippen molar-refractivity contribution in [3.63, 3.8) is 0 Å². The van der Waals surface area contributed by atoms with E-state index < -0.39 is 0 Å². The standard InChI is InChI=1S/C5H15N3/c1-4-6-7-8(3)5-2/h6-7H,4-5H2,1-3H3. The molecule has 0 heterocycles. The van der Waals surface area contributed by atoms with Gasteiger partial charge in [0.1, 0.15) is 0 Å². The van der Waals surface area contributed by atoms with E-state index in [0.717, 1.165) is 13.1 Å². The Kier molecular flexibility index (Phi) is 4.95. The van der Waals surface area contributed by atoms with Gasteiger partial charge in [-0.2, -0.15) is 5.53 Å². The molecule has 0 aliphatic carbocycles. The van der Waals surface area contributed by atoms with E-state index in [-0.39, 0.29) is 0 Å². The van der Waals surface area contributed by atoms with Crippen LogP contribution >= 0.6 is 0 Å². The van der Waals surface area contributed by atoms with Crippen molar-refractivity contribution in [2.24, 2.45) is 0 Å². The van der Waals surface area contributed by atoms with Crippen LogP contribution in [0.3, 0.4) is 0 Å². The van der Waals surface area contributed by atoms with Crippen LogP contribution in [0.15, 0.2) is 0 Å². The van der Waals surface area contributed by atoms with Crippen LogP contribution in [0.5, 0.6) is 0 Å². The fourth-order valence-corrected chi connectivity index (χ4v) is 0.293. The van der Waals surface area contributed by atoms with E-state index in [1.54, 1.807) is 0 Å². The van der Waals surface area contributed by atoms with E-state index in [1.807, 2.05) is 12.1 Å². The molecule has 0 bridgehead atoms. The highest BCUT2D eigenvalue weighted by atomic mass is 15.7. The maximum absolute atomic E-state index is 2.97. The molecule has 3 nitrogen and oxygen atoms in total. The van der Waals surface area contributed by atoms with Gasteiger partial charge in [-0.1, -0.05) is 13.8 Å². The van der Waals surface area contributed by atoms with Crippen molar-refractivity contribution in [2.45, 2.75) is 13.8 Å². The first-order valence-corrected chi connectivity index (χ1v) is 3.00. The Hall–Kier alpha value is -0.120. The summed E-state index contributed by atoms with van der Waals surface area (Å²) < 4.78 is 0. The number of hydrogen-bond donors (Lipinski definition) is 2. The number of nitrogens with zero attached hydrogens (tertiary/aromatic N) is 1. The van der Waals surface area contributed by atoms with Gasteiger partial charge in [-0.15, -0.1) is 0 Å². The first kappa shape index (κ1) is 7.88. The molecule has 0 aromatic heterocycles. The molecule has 0 amide bonds. The third-order valence-electron chi connectivity index (χ3n) is 0.921. The van der Waals surface area contributed by atoms with Gasteiger partial charge >= 0.3 is 0 Å². The average Bonchev–Trinajstić information content (AvgIpc) is 1.83. The molecule has 0 saturated heterocycles. The van der Waals surface area contributed by atoms with Crippen LogP contribution in [-0.2, 0) is 0 Å². The molecule has 0 atom stereocenters. The lowest BCUT2D eigenvalue weighted by atomic mass is 10.7. The third-order valence-corrected chi connectivity index (χ3v) is 0.921. The van der Waals surface area contributed by atoms with E-state index in [9.17, 15) is 0 Å². The van der Waals surface area contributed by atoms with Gasteiger partial charge in [0.25, 0.3) is 0 Å². The number of hydrazine groups is 2. The topological polar surface area (TPSA) is 27.3 Å². The summed E-state index contributed by atoms with van der Waals surface area (Å²) in [4.78, 5) is 0. The summed E-state index contributed by atoms with van der Waals surface area (Å²) in [6, 6.07) is 0. The second-order valence-electron chi connectivity index (χ2n) is 1.66. The predicted molar refractivity (Wildman–Crippen MR) is 35.1 cm³/mol. The fraction of sp³-hybridized carbons (Fsp3) is 1.00. The van der Waals surface area contributed by atoms with Gasteiger partial charge in [-0.05, 0) is 0 Å². The van der Waals surface area contributed by atoms with Crippen LogP contribution in [0.2, 0.25) is 0 Å². The van der Waals surface area contributed by atoms with E-state index in [1.165, 1.54) is 0 Å². The first-order chi connectivity index (χ1) is 3.81. The summed E-state index contributed by atoms with van der Waals surface area (Å²) in [6.07, 6.45) is 0. The molecule has 2 N–H and O–H groups in total. The zero-order chi connectivity index (χ0) is 6.41. The largest absolute Gasteiger partial charge is 0.244 e. The molecular formula is C5H15N3. The van der Waals surface area contributed by atoms with E-state index in [2.05, 4.69) is 24.8 Å². The lowest BCUT2D eigenvalue weighted by molar-refractivity contribution is 0.205.